The molecule has 0 aliphatic carbocycles. The molecule has 0 amide bonds. The minimum atomic E-state index is 0.598. The zero-order chi connectivity index (χ0) is 7.84. The van der Waals surface area contributed by atoms with Gasteiger partial charge in [-0.2, -0.15) is 5.10 Å². The predicted octanol–water partition coefficient (Wildman–Crippen LogP) is 1.69. The number of aryl methyl sites for hydroxylation is 1. The molecule has 0 atom stereocenters. The van der Waals surface area contributed by atoms with Crippen molar-refractivity contribution in [2.45, 2.75) is 6.92 Å². The molecule has 0 aliphatic heterocycles. The van der Waals surface area contributed by atoms with Gasteiger partial charge in [-0.05, 0) is 6.92 Å². The Bertz CT molecular complexity index is 393. The predicted molar refractivity (Wildman–Crippen MR) is 42.7 cm³/mol. The molecule has 0 bridgehead atoms. The first kappa shape index (κ1) is 6.61. The van der Waals surface area contributed by atoms with Crippen LogP contribution in [-0.2, 0) is 0 Å². The van der Waals surface area contributed by atoms with Crippen molar-refractivity contribution in [3.63, 3.8) is 0 Å². The molecular weight excluding hydrogens is 162 g/mol. The van der Waals surface area contributed by atoms with Crippen molar-refractivity contribution in [1.82, 2.24) is 14.6 Å². The summed E-state index contributed by atoms with van der Waals surface area (Å²) in [5.41, 5.74) is 1.77. The van der Waals surface area contributed by atoms with E-state index in [1.165, 1.54) is 0 Å². The van der Waals surface area contributed by atoms with Crippen molar-refractivity contribution < 1.29 is 0 Å². The molecule has 0 radical (unpaired) electrons. The van der Waals surface area contributed by atoms with Gasteiger partial charge in [-0.25, -0.2) is 9.50 Å². The summed E-state index contributed by atoms with van der Waals surface area (Å²) in [4.78, 5) is 4.07. The summed E-state index contributed by atoms with van der Waals surface area (Å²) in [5, 5.41) is 4.74. The average molecular weight is 168 g/mol. The van der Waals surface area contributed by atoms with Gasteiger partial charge in [0, 0.05) is 12.3 Å². The number of nitrogens with zero attached hydrogens (tertiary/aromatic N) is 3. The molecule has 0 aliphatic rings. The van der Waals surface area contributed by atoms with Crippen LogP contribution in [0.1, 0.15) is 5.69 Å². The van der Waals surface area contributed by atoms with Gasteiger partial charge in [-0.15, -0.1) is 0 Å². The first-order chi connectivity index (χ1) is 5.25. The second-order valence-corrected chi connectivity index (χ2v) is 2.80. The fraction of sp³-hybridized carbons (Fsp3) is 0.143. The Morgan fingerprint density at radius 3 is 3.18 bits per heavy atom. The molecule has 2 rings (SSSR count). The van der Waals surface area contributed by atoms with Crippen LogP contribution in [0, 0.1) is 6.92 Å². The summed E-state index contributed by atoms with van der Waals surface area (Å²) >= 11 is 5.70. The molecule has 0 saturated carbocycles. The quantitative estimate of drug-likeness (QED) is 0.598. The Morgan fingerprint density at radius 1 is 1.55 bits per heavy atom. The van der Waals surface area contributed by atoms with E-state index in [4.69, 9.17) is 11.6 Å². The molecule has 0 saturated heterocycles. The van der Waals surface area contributed by atoms with Gasteiger partial charge in [0.1, 0.15) is 0 Å². The number of hydrogen-bond acceptors (Lipinski definition) is 2. The molecule has 0 fully saturated rings. The van der Waals surface area contributed by atoms with E-state index in [0.717, 1.165) is 11.3 Å². The summed E-state index contributed by atoms with van der Waals surface area (Å²) < 4.78 is 1.66. The largest absolute Gasteiger partial charge is 0.235 e. The lowest BCUT2D eigenvalue weighted by Crippen LogP contribution is -1.88. The van der Waals surface area contributed by atoms with E-state index in [9.17, 15) is 0 Å². The number of hydrogen-bond donors (Lipinski definition) is 0. The second kappa shape index (κ2) is 2.20. The fourth-order valence-corrected chi connectivity index (χ4v) is 1.11. The van der Waals surface area contributed by atoms with Gasteiger partial charge in [-0.1, -0.05) is 11.6 Å². The molecule has 2 aromatic heterocycles. The topological polar surface area (TPSA) is 30.2 Å². The zero-order valence-electron chi connectivity index (χ0n) is 5.95. The Balaban J connectivity index is 2.82. The Morgan fingerprint density at radius 2 is 2.36 bits per heavy atom. The van der Waals surface area contributed by atoms with Gasteiger partial charge in [0.05, 0.1) is 16.9 Å². The number of halogens is 1. The highest BCUT2D eigenvalue weighted by atomic mass is 35.5. The molecular formula is C7H6ClN3. The number of rotatable bonds is 0. The standard InChI is InChI=1S/C7H6ClN3/c1-5-2-7-9-3-6(8)4-11(7)10-5/h2-4H,1H3. The molecule has 2 aromatic rings. The van der Waals surface area contributed by atoms with Crippen molar-refractivity contribution >= 4 is 17.2 Å². The maximum absolute atomic E-state index is 5.70. The van der Waals surface area contributed by atoms with Gasteiger partial charge in [-0.3, -0.25) is 0 Å². The molecule has 4 heteroatoms. The Labute approximate surface area is 68.6 Å². The van der Waals surface area contributed by atoms with Crippen molar-refractivity contribution in [1.29, 1.82) is 0 Å². The normalized spacial score (nSPS) is 10.7. The minimum absolute atomic E-state index is 0.598. The van der Waals surface area contributed by atoms with Gasteiger partial charge < -0.3 is 0 Å². The molecule has 2 heterocycles. The van der Waals surface area contributed by atoms with Crippen LogP contribution >= 0.6 is 11.6 Å². The Hall–Kier alpha value is -1.09. The molecule has 0 spiro atoms. The highest BCUT2D eigenvalue weighted by Crippen LogP contribution is 2.08. The van der Waals surface area contributed by atoms with E-state index in [0.29, 0.717) is 5.02 Å². The van der Waals surface area contributed by atoms with E-state index in [2.05, 4.69) is 10.1 Å². The maximum atomic E-state index is 5.70. The van der Waals surface area contributed by atoms with Crippen LogP contribution in [0.5, 0.6) is 0 Å². The minimum Gasteiger partial charge on any atom is -0.235 e. The van der Waals surface area contributed by atoms with Gasteiger partial charge in [0.15, 0.2) is 5.65 Å². The third kappa shape index (κ3) is 1.07. The van der Waals surface area contributed by atoms with E-state index >= 15 is 0 Å². The molecule has 0 aromatic carbocycles. The molecule has 0 N–H and O–H groups in total. The van der Waals surface area contributed by atoms with Crippen LogP contribution in [0.25, 0.3) is 5.65 Å². The van der Waals surface area contributed by atoms with Crippen LogP contribution in [0.15, 0.2) is 18.5 Å². The molecule has 56 valence electrons. The van der Waals surface area contributed by atoms with Crippen LogP contribution in [0.2, 0.25) is 5.02 Å². The van der Waals surface area contributed by atoms with Crippen LogP contribution < -0.4 is 0 Å². The maximum Gasteiger partial charge on any atom is 0.155 e. The summed E-state index contributed by atoms with van der Waals surface area (Å²) in [6.07, 6.45) is 3.34. The summed E-state index contributed by atoms with van der Waals surface area (Å²) in [6, 6.07) is 1.90. The lowest BCUT2D eigenvalue weighted by molar-refractivity contribution is 0.917. The fourth-order valence-electron chi connectivity index (χ4n) is 0.972. The Kier molecular flexibility index (Phi) is 1.32. The van der Waals surface area contributed by atoms with Gasteiger partial charge in [0.2, 0.25) is 0 Å². The van der Waals surface area contributed by atoms with Crippen LogP contribution in [0.3, 0.4) is 0 Å². The van der Waals surface area contributed by atoms with Crippen molar-refractivity contribution in [2.24, 2.45) is 0 Å². The molecule has 3 nitrogen and oxygen atoms in total. The first-order valence-electron chi connectivity index (χ1n) is 3.23. The van der Waals surface area contributed by atoms with E-state index in [1.54, 1.807) is 16.9 Å². The average Bonchev–Trinajstić information content (AvgIpc) is 2.27. The SMILES string of the molecule is Cc1cc2ncc(Cl)cn2n1. The lowest BCUT2D eigenvalue weighted by Gasteiger charge is -1.90. The van der Waals surface area contributed by atoms with E-state index < -0.39 is 0 Å². The zero-order valence-corrected chi connectivity index (χ0v) is 6.71. The van der Waals surface area contributed by atoms with E-state index in [1.807, 2.05) is 13.0 Å². The number of aromatic nitrogens is 3. The monoisotopic (exact) mass is 167 g/mol. The van der Waals surface area contributed by atoms with E-state index in [-0.39, 0.29) is 0 Å². The van der Waals surface area contributed by atoms with Crippen LogP contribution in [0.4, 0.5) is 0 Å². The molecule has 11 heavy (non-hydrogen) atoms. The smallest absolute Gasteiger partial charge is 0.155 e. The lowest BCUT2D eigenvalue weighted by atomic mass is 10.5. The third-order valence-electron chi connectivity index (χ3n) is 1.40. The highest BCUT2D eigenvalue weighted by Gasteiger charge is 1.97. The number of fused-ring (bicyclic) bond motifs is 1. The third-order valence-corrected chi connectivity index (χ3v) is 1.60. The summed E-state index contributed by atoms with van der Waals surface area (Å²) in [6.45, 7) is 1.92. The van der Waals surface area contributed by atoms with Crippen molar-refractivity contribution in [3.05, 3.63) is 29.2 Å². The first-order valence-corrected chi connectivity index (χ1v) is 3.61. The highest BCUT2D eigenvalue weighted by molar-refractivity contribution is 6.30. The van der Waals surface area contributed by atoms with Crippen molar-refractivity contribution in [2.75, 3.05) is 0 Å². The second-order valence-electron chi connectivity index (χ2n) is 2.36. The van der Waals surface area contributed by atoms with Gasteiger partial charge in [0.25, 0.3) is 0 Å². The summed E-state index contributed by atoms with van der Waals surface area (Å²) in [7, 11) is 0. The van der Waals surface area contributed by atoms with Gasteiger partial charge >= 0.3 is 0 Å². The summed E-state index contributed by atoms with van der Waals surface area (Å²) in [5.74, 6) is 0. The van der Waals surface area contributed by atoms with Crippen molar-refractivity contribution in [3.8, 4) is 0 Å². The molecule has 0 unspecified atom stereocenters. The van der Waals surface area contributed by atoms with Crippen LogP contribution in [-0.4, -0.2) is 14.6 Å².